The smallest absolute Gasteiger partial charge is 0.206 e. The molecule has 0 spiro atoms. The van der Waals surface area contributed by atoms with Crippen LogP contribution in [0, 0.1) is 23.4 Å². The minimum atomic E-state index is -5.15. The van der Waals surface area contributed by atoms with Crippen LogP contribution in [0.4, 0.5) is 26.3 Å². The molecule has 0 atom stereocenters. The Morgan fingerprint density at radius 1 is 0.808 bits per heavy atom. The molecule has 2 aromatic carbocycles. The number of halogens is 6. The average Bonchev–Trinajstić information content (AvgIpc) is 2.53. The fourth-order valence-electron chi connectivity index (χ4n) is 3.61. The van der Waals surface area contributed by atoms with Crippen molar-refractivity contribution in [3.05, 3.63) is 58.9 Å². The van der Waals surface area contributed by atoms with Crippen molar-refractivity contribution in [2.75, 3.05) is 0 Å². The van der Waals surface area contributed by atoms with Gasteiger partial charge in [0.2, 0.25) is 0 Å². The van der Waals surface area contributed by atoms with Crippen molar-refractivity contribution in [3.63, 3.8) is 0 Å². The Hall–Kier alpha value is -1.98. The Bertz CT molecular complexity index is 777. The van der Waals surface area contributed by atoms with Crippen molar-refractivity contribution < 1.29 is 26.3 Å². The predicted molar refractivity (Wildman–Crippen MR) is 87.1 cm³/mol. The first kappa shape index (κ1) is 18.8. The first-order chi connectivity index (χ1) is 12.2. The van der Waals surface area contributed by atoms with E-state index < -0.39 is 29.2 Å². The summed E-state index contributed by atoms with van der Waals surface area (Å²) in [6, 6.07) is 5.43. The molecule has 0 heterocycles. The summed E-state index contributed by atoms with van der Waals surface area (Å²) in [5.74, 6) is -3.32. The molecular formula is C20H18F6. The lowest BCUT2D eigenvalue weighted by atomic mass is 9.79. The lowest BCUT2D eigenvalue weighted by molar-refractivity contribution is -0.142. The van der Waals surface area contributed by atoms with Crippen LogP contribution < -0.4 is 0 Å². The molecule has 26 heavy (non-hydrogen) atoms. The van der Waals surface area contributed by atoms with Crippen LogP contribution in [0.1, 0.15) is 49.7 Å². The van der Waals surface area contributed by atoms with E-state index in [4.69, 9.17) is 0 Å². The second kappa shape index (κ2) is 6.97. The second-order valence-electron chi connectivity index (χ2n) is 7.01. The number of alkyl halides is 3. The number of benzene rings is 2. The van der Waals surface area contributed by atoms with E-state index in [-0.39, 0.29) is 17.0 Å². The summed E-state index contributed by atoms with van der Waals surface area (Å²) in [6.07, 6.45) is -1.13. The zero-order valence-electron chi connectivity index (χ0n) is 14.1. The predicted octanol–water partition coefficient (Wildman–Crippen LogP) is 7.08. The quantitative estimate of drug-likeness (QED) is 0.494. The topological polar surface area (TPSA) is 0 Å². The Kier molecular flexibility index (Phi) is 5.04. The lowest BCUT2D eigenvalue weighted by Gasteiger charge is -2.26. The van der Waals surface area contributed by atoms with Crippen LogP contribution in [-0.4, -0.2) is 0 Å². The van der Waals surface area contributed by atoms with Gasteiger partial charge in [0.15, 0.2) is 0 Å². The fourth-order valence-corrected chi connectivity index (χ4v) is 3.61. The Morgan fingerprint density at radius 3 is 1.88 bits per heavy atom. The van der Waals surface area contributed by atoms with E-state index in [0.717, 1.165) is 31.2 Å². The normalized spacial score (nSPS) is 21.0. The highest BCUT2D eigenvalue weighted by Gasteiger charge is 2.38. The maximum atomic E-state index is 14.5. The fraction of sp³-hybridized carbons (Fsp3) is 0.400. The number of rotatable bonds is 2. The van der Waals surface area contributed by atoms with Crippen LogP contribution in [-0.2, 0) is 6.18 Å². The number of hydrogen-bond acceptors (Lipinski definition) is 0. The van der Waals surface area contributed by atoms with E-state index in [1.807, 2.05) is 0 Å². The summed E-state index contributed by atoms with van der Waals surface area (Å²) >= 11 is 0. The third-order valence-electron chi connectivity index (χ3n) is 5.12. The lowest BCUT2D eigenvalue weighted by Crippen LogP contribution is -2.12. The minimum Gasteiger partial charge on any atom is -0.206 e. The molecule has 2 aromatic rings. The largest absolute Gasteiger partial charge is 0.422 e. The summed E-state index contributed by atoms with van der Waals surface area (Å²) in [5.41, 5.74) is -1.53. The third-order valence-corrected chi connectivity index (χ3v) is 5.12. The summed E-state index contributed by atoms with van der Waals surface area (Å²) < 4.78 is 80.0. The molecule has 0 radical (unpaired) electrons. The Morgan fingerprint density at radius 2 is 1.38 bits per heavy atom. The van der Waals surface area contributed by atoms with E-state index in [1.165, 1.54) is 12.1 Å². The van der Waals surface area contributed by atoms with Crippen LogP contribution in [0.25, 0.3) is 11.1 Å². The molecule has 1 saturated carbocycles. The van der Waals surface area contributed by atoms with E-state index in [1.54, 1.807) is 6.07 Å². The van der Waals surface area contributed by atoms with Gasteiger partial charge in [-0.1, -0.05) is 31.9 Å². The SMILES string of the molecule is CC1CCC(c2ccc(-c3cc(F)c(C(F)(F)F)c(F)c3)c(F)c2)CC1. The van der Waals surface area contributed by atoms with Gasteiger partial charge in [-0.3, -0.25) is 0 Å². The highest BCUT2D eigenvalue weighted by Crippen LogP contribution is 2.39. The van der Waals surface area contributed by atoms with Crippen molar-refractivity contribution in [1.29, 1.82) is 0 Å². The zero-order valence-corrected chi connectivity index (χ0v) is 14.1. The van der Waals surface area contributed by atoms with E-state index in [9.17, 15) is 26.3 Å². The standard InChI is InChI=1S/C20H18F6/c1-11-2-4-12(5-3-11)13-6-7-15(16(21)8-13)14-9-17(22)19(18(23)10-14)20(24,25)26/h6-12H,2-5H2,1H3. The summed E-state index contributed by atoms with van der Waals surface area (Å²) in [5, 5.41) is 0. The van der Waals surface area contributed by atoms with Crippen molar-refractivity contribution >= 4 is 0 Å². The third kappa shape index (κ3) is 3.74. The molecule has 0 bridgehead atoms. The Balaban J connectivity index is 1.93. The van der Waals surface area contributed by atoms with Crippen molar-refractivity contribution in [1.82, 2.24) is 0 Å². The molecule has 1 aliphatic rings. The van der Waals surface area contributed by atoms with Crippen molar-refractivity contribution in [2.24, 2.45) is 5.92 Å². The maximum absolute atomic E-state index is 14.5. The van der Waals surface area contributed by atoms with E-state index >= 15 is 0 Å². The van der Waals surface area contributed by atoms with Gasteiger partial charge in [0.1, 0.15) is 23.0 Å². The summed E-state index contributed by atoms with van der Waals surface area (Å²) in [4.78, 5) is 0. The molecule has 0 aromatic heterocycles. The molecule has 1 fully saturated rings. The van der Waals surface area contributed by atoms with Crippen LogP contribution in [0.15, 0.2) is 30.3 Å². The van der Waals surface area contributed by atoms with Gasteiger partial charge in [-0.15, -0.1) is 0 Å². The molecule has 0 nitrogen and oxygen atoms in total. The van der Waals surface area contributed by atoms with Gasteiger partial charge in [-0.05, 0) is 54.0 Å². The minimum absolute atomic E-state index is 0.121. The average molecular weight is 372 g/mol. The molecule has 0 unspecified atom stereocenters. The molecule has 140 valence electrons. The van der Waals surface area contributed by atoms with Crippen LogP contribution in [0.3, 0.4) is 0 Å². The van der Waals surface area contributed by atoms with Gasteiger partial charge in [0.25, 0.3) is 0 Å². The summed E-state index contributed by atoms with van der Waals surface area (Å²) in [6.45, 7) is 2.17. The molecule has 0 saturated heterocycles. The first-order valence-electron chi connectivity index (χ1n) is 8.53. The van der Waals surface area contributed by atoms with Gasteiger partial charge in [-0.25, -0.2) is 13.2 Å². The highest BCUT2D eigenvalue weighted by molar-refractivity contribution is 5.65. The van der Waals surface area contributed by atoms with E-state index in [2.05, 4.69) is 6.92 Å². The zero-order chi connectivity index (χ0) is 19.1. The monoisotopic (exact) mass is 372 g/mol. The molecule has 3 rings (SSSR count). The highest BCUT2D eigenvalue weighted by atomic mass is 19.4. The van der Waals surface area contributed by atoms with Crippen LogP contribution >= 0.6 is 0 Å². The molecular weight excluding hydrogens is 354 g/mol. The van der Waals surface area contributed by atoms with E-state index in [0.29, 0.717) is 18.1 Å². The molecule has 6 heteroatoms. The van der Waals surface area contributed by atoms with Gasteiger partial charge in [0, 0.05) is 5.56 Å². The Labute approximate surface area is 147 Å². The summed E-state index contributed by atoms with van der Waals surface area (Å²) in [7, 11) is 0. The molecule has 0 N–H and O–H groups in total. The van der Waals surface area contributed by atoms with Crippen LogP contribution in [0.5, 0.6) is 0 Å². The molecule has 1 aliphatic carbocycles. The second-order valence-corrected chi connectivity index (χ2v) is 7.01. The maximum Gasteiger partial charge on any atom is 0.422 e. The molecule has 0 aliphatic heterocycles. The van der Waals surface area contributed by atoms with Crippen molar-refractivity contribution in [3.8, 4) is 11.1 Å². The van der Waals surface area contributed by atoms with Gasteiger partial charge in [-0.2, -0.15) is 13.2 Å². The van der Waals surface area contributed by atoms with Gasteiger partial charge < -0.3 is 0 Å². The van der Waals surface area contributed by atoms with Gasteiger partial charge in [0.05, 0.1) is 0 Å². The van der Waals surface area contributed by atoms with Crippen molar-refractivity contribution in [2.45, 2.75) is 44.7 Å². The molecule has 0 amide bonds. The van der Waals surface area contributed by atoms with Gasteiger partial charge >= 0.3 is 6.18 Å². The number of hydrogen-bond donors (Lipinski definition) is 0. The van der Waals surface area contributed by atoms with Crippen LogP contribution in [0.2, 0.25) is 0 Å². The first-order valence-corrected chi connectivity index (χ1v) is 8.53.